The molecule has 0 bridgehead atoms. The quantitative estimate of drug-likeness (QED) is 0.289. The third-order valence-electron chi connectivity index (χ3n) is 5.94. The van der Waals surface area contributed by atoms with E-state index in [4.69, 9.17) is 0 Å². The number of fused-ring (bicyclic) bond motifs is 1. The first-order valence-corrected chi connectivity index (χ1v) is 11.0. The number of ether oxygens (including phenoxy) is 1. The molecule has 1 heterocycles. The van der Waals surface area contributed by atoms with E-state index in [1.165, 1.54) is 24.4 Å². The van der Waals surface area contributed by atoms with Gasteiger partial charge >= 0.3 is 12.5 Å². The lowest BCUT2D eigenvalue weighted by molar-refractivity contribution is -0.253. The third-order valence-corrected chi connectivity index (χ3v) is 5.94. The van der Waals surface area contributed by atoms with E-state index in [0.717, 1.165) is 18.2 Å². The SMILES string of the molecule is O=C(CC1CCC(Nc2cnc3cc(F)c(F)cc3n2)CC1)c1ccccc1OC(F)(F)C(F)F. The minimum Gasteiger partial charge on any atom is -0.428 e. The average Bonchev–Trinajstić information content (AvgIpc) is 2.81. The Morgan fingerprint density at radius 3 is 2.40 bits per heavy atom. The summed E-state index contributed by atoms with van der Waals surface area (Å²) < 4.78 is 82.7. The molecule has 0 atom stereocenters. The van der Waals surface area contributed by atoms with Gasteiger partial charge in [-0.05, 0) is 43.7 Å². The Labute approximate surface area is 196 Å². The van der Waals surface area contributed by atoms with Crippen molar-refractivity contribution in [3.63, 3.8) is 0 Å². The minimum atomic E-state index is -4.70. The van der Waals surface area contributed by atoms with E-state index in [2.05, 4.69) is 20.0 Å². The molecule has 1 aliphatic carbocycles. The fourth-order valence-corrected chi connectivity index (χ4v) is 4.15. The summed E-state index contributed by atoms with van der Waals surface area (Å²) in [5.74, 6) is -2.67. The lowest BCUT2D eigenvalue weighted by Crippen LogP contribution is -2.34. The lowest BCUT2D eigenvalue weighted by atomic mass is 9.82. The molecule has 4 rings (SSSR count). The van der Waals surface area contributed by atoms with Crippen LogP contribution in [0.1, 0.15) is 42.5 Å². The molecule has 5 nitrogen and oxygen atoms in total. The first-order chi connectivity index (χ1) is 16.6. The van der Waals surface area contributed by atoms with E-state index in [1.54, 1.807) is 0 Å². The molecule has 0 amide bonds. The summed E-state index contributed by atoms with van der Waals surface area (Å²) in [6.45, 7) is 0. The maximum absolute atomic E-state index is 13.5. The van der Waals surface area contributed by atoms with Crippen molar-refractivity contribution in [1.82, 2.24) is 9.97 Å². The molecule has 0 radical (unpaired) electrons. The smallest absolute Gasteiger partial charge is 0.428 e. The summed E-state index contributed by atoms with van der Waals surface area (Å²) in [5, 5.41) is 3.21. The summed E-state index contributed by atoms with van der Waals surface area (Å²) in [5.41, 5.74) is 0.280. The van der Waals surface area contributed by atoms with Gasteiger partial charge in [0, 0.05) is 24.6 Å². The number of anilines is 1. The zero-order valence-electron chi connectivity index (χ0n) is 18.3. The molecular formula is C24H21F6N3O2. The second-order valence-corrected chi connectivity index (χ2v) is 8.46. The largest absolute Gasteiger partial charge is 0.461 e. The van der Waals surface area contributed by atoms with Crippen molar-refractivity contribution in [3.05, 3.63) is 59.8 Å². The molecule has 186 valence electrons. The van der Waals surface area contributed by atoms with Gasteiger partial charge in [-0.15, -0.1) is 0 Å². The summed E-state index contributed by atoms with van der Waals surface area (Å²) in [6, 6.07) is 7.08. The molecule has 0 spiro atoms. The Balaban J connectivity index is 1.34. The normalized spacial score (nSPS) is 18.6. The molecule has 1 aliphatic rings. The topological polar surface area (TPSA) is 64.1 Å². The molecule has 0 aliphatic heterocycles. The van der Waals surface area contributed by atoms with Gasteiger partial charge in [0.1, 0.15) is 11.6 Å². The third kappa shape index (κ3) is 5.83. The number of alkyl halides is 4. The number of aromatic nitrogens is 2. The van der Waals surface area contributed by atoms with Crippen LogP contribution in [0.4, 0.5) is 32.2 Å². The van der Waals surface area contributed by atoms with E-state index in [9.17, 15) is 31.1 Å². The van der Waals surface area contributed by atoms with E-state index in [-0.39, 0.29) is 35.0 Å². The number of nitrogens with one attached hydrogen (secondary N) is 1. The van der Waals surface area contributed by atoms with Crippen LogP contribution in [0, 0.1) is 17.6 Å². The lowest BCUT2D eigenvalue weighted by Gasteiger charge is -2.29. The number of hydrogen-bond donors (Lipinski definition) is 1. The Hall–Kier alpha value is -3.37. The molecule has 1 N–H and O–H groups in total. The van der Waals surface area contributed by atoms with Crippen LogP contribution in [-0.4, -0.2) is 34.3 Å². The molecule has 1 saturated carbocycles. The summed E-state index contributed by atoms with van der Waals surface area (Å²) in [4.78, 5) is 21.1. The number of Topliss-reactive ketones (excluding diaryl/α,β-unsaturated/α-hetero) is 1. The molecule has 1 aromatic heterocycles. The summed E-state index contributed by atoms with van der Waals surface area (Å²) >= 11 is 0. The number of ketones is 1. The van der Waals surface area contributed by atoms with Crippen LogP contribution >= 0.6 is 0 Å². The predicted molar refractivity (Wildman–Crippen MR) is 116 cm³/mol. The summed E-state index contributed by atoms with van der Waals surface area (Å²) in [6.07, 6.45) is -4.57. The maximum Gasteiger partial charge on any atom is 0.461 e. The van der Waals surface area contributed by atoms with Crippen LogP contribution in [-0.2, 0) is 0 Å². The number of carbonyl (C=O) groups is 1. The second kappa shape index (κ2) is 10.1. The monoisotopic (exact) mass is 497 g/mol. The van der Waals surface area contributed by atoms with Gasteiger partial charge in [0.05, 0.1) is 22.8 Å². The van der Waals surface area contributed by atoms with Crippen molar-refractivity contribution >= 4 is 22.6 Å². The van der Waals surface area contributed by atoms with Crippen LogP contribution in [0.3, 0.4) is 0 Å². The fourth-order valence-electron chi connectivity index (χ4n) is 4.15. The van der Waals surface area contributed by atoms with Gasteiger partial charge in [-0.2, -0.15) is 17.6 Å². The Bertz CT molecular complexity index is 1220. The van der Waals surface area contributed by atoms with Crippen LogP contribution in [0.5, 0.6) is 5.75 Å². The fraction of sp³-hybridized carbons (Fsp3) is 0.375. The van der Waals surface area contributed by atoms with Crippen LogP contribution in [0.25, 0.3) is 11.0 Å². The highest BCUT2D eigenvalue weighted by Gasteiger charge is 2.44. The maximum atomic E-state index is 13.5. The zero-order valence-corrected chi connectivity index (χ0v) is 18.3. The number of hydrogen-bond acceptors (Lipinski definition) is 5. The van der Waals surface area contributed by atoms with Gasteiger partial charge in [0.15, 0.2) is 17.4 Å². The van der Waals surface area contributed by atoms with Gasteiger partial charge in [0.2, 0.25) is 0 Å². The van der Waals surface area contributed by atoms with Crippen molar-refractivity contribution in [2.75, 3.05) is 5.32 Å². The van der Waals surface area contributed by atoms with E-state index in [0.29, 0.717) is 31.5 Å². The molecule has 3 aromatic rings. The number of nitrogens with zero attached hydrogens (tertiary/aromatic N) is 2. The Morgan fingerprint density at radius 2 is 1.71 bits per heavy atom. The zero-order chi connectivity index (χ0) is 25.2. The Kier molecular flexibility index (Phi) is 7.13. The van der Waals surface area contributed by atoms with Crippen molar-refractivity contribution in [2.45, 2.75) is 50.7 Å². The molecule has 0 unspecified atom stereocenters. The minimum absolute atomic E-state index is 0.0127. The molecule has 2 aromatic carbocycles. The highest BCUT2D eigenvalue weighted by molar-refractivity contribution is 5.98. The molecule has 11 heteroatoms. The van der Waals surface area contributed by atoms with Crippen LogP contribution < -0.4 is 10.1 Å². The molecule has 35 heavy (non-hydrogen) atoms. The van der Waals surface area contributed by atoms with Gasteiger partial charge < -0.3 is 10.1 Å². The van der Waals surface area contributed by atoms with Gasteiger partial charge in [-0.3, -0.25) is 9.78 Å². The highest BCUT2D eigenvalue weighted by Crippen LogP contribution is 2.33. The number of carbonyl (C=O) groups excluding carboxylic acids is 1. The number of benzene rings is 2. The molecule has 0 saturated heterocycles. The highest BCUT2D eigenvalue weighted by atomic mass is 19.3. The van der Waals surface area contributed by atoms with E-state index < -0.39 is 35.7 Å². The van der Waals surface area contributed by atoms with E-state index >= 15 is 0 Å². The number of para-hydroxylation sites is 1. The Morgan fingerprint density at radius 1 is 1.06 bits per heavy atom. The first kappa shape index (κ1) is 24.7. The van der Waals surface area contributed by atoms with Crippen LogP contribution in [0.15, 0.2) is 42.6 Å². The first-order valence-electron chi connectivity index (χ1n) is 11.0. The standard InChI is InChI=1S/C24H21F6N3O2/c25-16-10-18-19(11-17(16)26)33-22(12-31-18)32-14-7-5-13(6-8-14)9-20(34)15-3-1-2-4-21(15)35-24(29,30)23(27)28/h1-4,10-14,23H,5-9H2,(H,32,33). The average molecular weight is 497 g/mol. The van der Waals surface area contributed by atoms with Crippen molar-refractivity contribution in [2.24, 2.45) is 5.92 Å². The van der Waals surface area contributed by atoms with Gasteiger partial charge in [-0.25, -0.2) is 13.8 Å². The number of halogens is 6. The van der Waals surface area contributed by atoms with Crippen molar-refractivity contribution < 1.29 is 35.9 Å². The molecular weight excluding hydrogens is 476 g/mol. The van der Waals surface area contributed by atoms with Gasteiger partial charge in [-0.1, -0.05) is 12.1 Å². The predicted octanol–water partition coefficient (Wildman–Crippen LogP) is 6.39. The van der Waals surface area contributed by atoms with E-state index in [1.807, 2.05) is 0 Å². The van der Waals surface area contributed by atoms with Crippen molar-refractivity contribution in [1.29, 1.82) is 0 Å². The molecule has 1 fully saturated rings. The van der Waals surface area contributed by atoms with Gasteiger partial charge in [0.25, 0.3) is 0 Å². The second-order valence-electron chi connectivity index (χ2n) is 8.46. The summed E-state index contributed by atoms with van der Waals surface area (Å²) in [7, 11) is 0. The van der Waals surface area contributed by atoms with Crippen LogP contribution in [0.2, 0.25) is 0 Å². The number of rotatable bonds is 8. The van der Waals surface area contributed by atoms with Crippen molar-refractivity contribution in [3.8, 4) is 5.75 Å².